The molecule has 10 heteroatoms. The minimum absolute atomic E-state index is 0.110. The number of nitrogens with zero attached hydrogens (tertiary/aromatic N) is 2. The Morgan fingerprint density at radius 2 is 2.25 bits per heavy atom. The standard InChI is InChI=1S/C10H18N6O3S/c1-7-8(15-6-14-7)5-20(18,19)4-3-13-10(12-2)16-9(11)17/h6H,3-5H2,1-2H3,(H,14,15)(H4,11,12,13,16,17). The fourth-order valence-corrected chi connectivity index (χ4v) is 2.70. The highest BCUT2D eigenvalue weighted by molar-refractivity contribution is 7.90. The van der Waals surface area contributed by atoms with Crippen molar-refractivity contribution in [2.45, 2.75) is 12.7 Å². The normalized spacial score (nSPS) is 12.2. The molecular formula is C10H18N6O3S. The lowest BCUT2D eigenvalue weighted by Gasteiger charge is -2.09. The highest BCUT2D eigenvalue weighted by atomic mass is 32.2. The maximum absolute atomic E-state index is 11.9. The molecule has 0 aromatic carbocycles. The van der Waals surface area contributed by atoms with Gasteiger partial charge in [0.25, 0.3) is 0 Å². The number of aryl methyl sites for hydroxylation is 1. The number of sulfone groups is 1. The smallest absolute Gasteiger partial charge is 0.318 e. The van der Waals surface area contributed by atoms with Crippen LogP contribution < -0.4 is 16.4 Å². The molecule has 0 saturated carbocycles. The lowest BCUT2D eigenvalue weighted by atomic mass is 10.4. The van der Waals surface area contributed by atoms with E-state index in [1.54, 1.807) is 6.92 Å². The van der Waals surface area contributed by atoms with E-state index in [1.807, 2.05) is 0 Å². The maximum Gasteiger partial charge on any atom is 0.318 e. The fourth-order valence-electron chi connectivity index (χ4n) is 1.43. The Morgan fingerprint density at radius 1 is 1.55 bits per heavy atom. The molecule has 0 saturated heterocycles. The average Bonchev–Trinajstić information content (AvgIpc) is 2.72. The second-order valence-electron chi connectivity index (χ2n) is 4.05. The molecule has 5 N–H and O–H groups in total. The summed E-state index contributed by atoms with van der Waals surface area (Å²) in [4.78, 5) is 21.1. The van der Waals surface area contributed by atoms with Crippen LogP contribution in [0.25, 0.3) is 0 Å². The molecule has 1 aromatic rings. The Morgan fingerprint density at radius 3 is 2.75 bits per heavy atom. The second-order valence-corrected chi connectivity index (χ2v) is 6.24. The van der Waals surface area contributed by atoms with E-state index in [-0.39, 0.29) is 24.0 Å². The van der Waals surface area contributed by atoms with Gasteiger partial charge in [-0.1, -0.05) is 0 Å². The molecule has 0 fully saturated rings. The first kappa shape index (κ1) is 16.0. The molecule has 0 aliphatic carbocycles. The number of nitrogens with one attached hydrogen (secondary N) is 3. The molecule has 20 heavy (non-hydrogen) atoms. The zero-order valence-electron chi connectivity index (χ0n) is 11.3. The van der Waals surface area contributed by atoms with Gasteiger partial charge < -0.3 is 16.0 Å². The summed E-state index contributed by atoms with van der Waals surface area (Å²) in [5.74, 6) is -0.117. The molecule has 0 unspecified atom stereocenters. The van der Waals surface area contributed by atoms with Crippen molar-refractivity contribution in [3.05, 3.63) is 17.7 Å². The van der Waals surface area contributed by atoms with Crippen LogP contribution in [0.5, 0.6) is 0 Å². The lowest BCUT2D eigenvalue weighted by Crippen LogP contribution is -2.44. The van der Waals surface area contributed by atoms with E-state index in [2.05, 4.69) is 25.6 Å². The molecule has 1 aromatic heterocycles. The number of rotatable bonds is 5. The van der Waals surface area contributed by atoms with Crippen molar-refractivity contribution in [1.29, 1.82) is 0 Å². The number of urea groups is 1. The van der Waals surface area contributed by atoms with Crippen molar-refractivity contribution < 1.29 is 13.2 Å². The number of primary amides is 1. The van der Waals surface area contributed by atoms with Crippen LogP contribution in [0.2, 0.25) is 0 Å². The van der Waals surface area contributed by atoms with Crippen LogP contribution in [0, 0.1) is 6.92 Å². The van der Waals surface area contributed by atoms with E-state index in [0.717, 1.165) is 5.69 Å². The van der Waals surface area contributed by atoms with E-state index >= 15 is 0 Å². The first-order valence-corrected chi connectivity index (χ1v) is 7.62. The van der Waals surface area contributed by atoms with E-state index in [0.29, 0.717) is 5.69 Å². The van der Waals surface area contributed by atoms with E-state index in [4.69, 9.17) is 5.73 Å². The molecule has 1 rings (SSSR count). The van der Waals surface area contributed by atoms with E-state index in [1.165, 1.54) is 13.4 Å². The van der Waals surface area contributed by atoms with Crippen LogP contribution in [-0.4, -0.2) is 49.7 Å². The van der Waals surface area contributed by atoms with Gasteiger partial charge >= 0.3 is 6.03 Å². The number of hydrogen-bond donors (Lipinski definition) is 4. The quantitative estimate of drug-likeness (QED) is 0.402. The number of aromatic amines is 1. The summed E-state index contributed by atoms with van der Waals surface area (Å²) in [5.41, 5.74) is 6.17. The van der Waals surface area contributed by atoms with Gasteiger partial charge in [-0.25, -0.2) is 18.2 Å². The van der Waals surface area contributed by atoms with Crippen molar-refractivity contribution in [2.24, 2.45) is 10.7 Å². The summed E-state index contributed by atoms with van der Waals surface area (Å²) < 4.78 is 23.8. The number of H-pyrrole nitrogens is 1. The highest BCUT2D eigenvalue weighted by Gasteiger charge is 2.15. The van der Waals surface area contributed by atoms with Gasteiger partial charge in [0.1, 0.15) is 0 Å². The van der Waals surface area contributed by atoms with Crippen LogP contribution in [0.1, 0.15) is 11.4 Å². The summed E-state index contributed by atoms with van der Waals surface area (Å²) in [6, 6.07) is -0.770. The lowest BCUT2D eigenvalue weighted by molar-refractivity contribution is 0.253. The zero-order valence-corrected chi connectivity index (χ0v) is 12.1. The molecule has 112 valence electrons. The van der Waals surface area contributed by atoms with Gasteiger partial charge in [-0.3, -0.25) is 10.3 Å². The fraction of sp³-hybridized carbons (Fsp3) is 0.500. The largest absolute Gasteiger partial charge is 0.355 e. The van der Waals surface area contributed by atoms with Gasteiger partial charge in [0, 0.05) is 19.3 Å². The Bertz CT molecular complexity index is 592. The predicted molar refractivity (Wildman–Crippen MR) is 74.9 cm³/mol. The highest BCUT2D eigenvalue weighted by Crippen LogP contribution is 2.06. The molecule has 0 spiro atoms. The molecule has 0 atom stereocenters. The molecule has 2 amide bonds. The van der Waals surface area contributed by atoms with Gasteiger partial charge in [0.05, 0.1) is 23.5 Å². The van der Waals surface area contributed by atoms with Gasteiger partial charge in [0.15, 0.2) is 15.8 Å². The molecule has 0 radical (unpaired) electrons. The van der Waals surface area contributed by atoms with Gasteiger partial charge in [-0.2, -0.15) is 0 Å². The molecule has 1 heterocycles. The number of aliphatic imine (C=N–C) groups is 1. The topological polar surface area (TPSA) is 142 Å². The maximum atomic E-state index is 11.9. The SMILES string of the molecule is CN=C(NCCS(=O)(=O)Cc1nc[nH]c1C)NC(N)=O. The van der Waals surface area contributed by atoms with Crippen molar-refractivity contribution >= 4 is 21.8 Å². The number of carbonyl (C=O) groups is 1. The Hall–Kier alpha value is -2.10. The summed E-state index contributed by atoms with van der Waals surface area (Å²) in [5, 5.41) is 4.92. The van der Waals surface area contributed by atoms with Gasteiger partial charge in [-0.15, -0.1) is 0 Å². The Kier molecular flexibility index (Phi) is 5.50. The molecular weight excluding hydrogens is 284 g/mol. The first-order chi connectivity index (χ1) is 9.34. The van der Waals surface area contributed by atoms with Crippen molar-refractivity contribution in [3.63, 3.8) is 0 Å². The average molecular weight is 302 g/mol. The van der Waals surface area contributed by atoms with Crippen LogP contribution in [0.4, 0.5) is 4.79 Å². The van der Waals surface area contributed by atoms with E-state index in [9.17, 15) is 13.2 Å². The minimum Gasteiger partial charge on any atom is -0.355 e. The number of nitrogens with two attached hydrogens (primary N) is 1. The second kappa shape index (κ2) is 6.89. The third kappa shape index (κ3) is 5.26. The summed E-state index contributed by atoms with van der Waals surface area (Å²) in [7, 11) is -1.86. The molecule has 9 nitrogen and oxygen atoms in total. The van der Waals surface area contributed by atoms with Crippen molar-refractivity contribution in [1.82, 2.24) is 20.6 Å². The predicted octanol–water partition coefficient (Wildman–Crippen LogP) is -1.12. The third-order valence-electron chi connectivity index (χ3n) is 2.46. The van der Waals surface area contributed by atoms with Gasteiger partial charge in [0.2, 0.25) is 0 Å². The molecule has 0 aliphatic rings. The number of hydrogen-bond acceptors (Lipinski definition) is 5. The third-order valence-corrected chi connectivity index (χ3v) is 4.00. The number of guanidine groups is 1. The van der Waals surface area contributed by atoms with E-state index < -0.39 is 15.9 Å². The van der Waals surface area contributed by atoms with Gasteiger partial charge in [-0.05, 0) is 6.92 Å². The monoisotopic (exact) mass is 302 g/mol. The summed E-state index contributed by atoms with van der Waals surface area (Å²) >= 11 is 0. The Balaban J connectivity index is 2.48. The zero-order chi connectivity index (χ0) is 15.2. The number of carbonyl (C=O) groups excluding carboxylic acids is 1. The molecule has 0 bridgehead atoms. The van der Waals surface area contributed by atoms with Crippen LogP contribution in [-0.2, 0) is 15.6 Å². The van der Waals surface area contributed by atoms with Crippen LogP contribution in [0.15, 0.2) is 11.3 Å². The van der Waals surface area contributed by atoms with Crippen LogP contribution >= 0.6 is 0 Å². The number of aromatic nitrogens is 2. The number of imidazole rings is 1. The first-order valence-electron chi connectivity index (χ1n) is 5.80. The summed E-state index contributed by atoms with van der Waals surface area (Å²) in [6.45, 7) is 1.87. The van der Waals surface area contributed by atoms with Crippen molar-refractivity contribution in [3.8, 4) is 0 Å². The van der Waals surface area contributed by atoms with Crippen LogP contribution in [0.3, 0.4) is 0 Å². The Labute approximate surface area is 117 Å². The minimum atomic E-state index is -3.30. The van der Waals surface area contributed by atoms with Crippen molar-refractivity contribution in [2.75, 3.05) is 19.3 Å². The number of amides is 2. The molecule has 0 aliphatic heterocycles. The summed E-state index contributed by atoms with van der Waals surface area (Å²) in [6.07, 6.45) is 1.46.